The van der Waals surface area contributed by atoms with Gasteiger partial charge in [0.15, 0.2) is 0 Å². The largest absolute Gasteiger partial charge is 0.423 e. The first-order valence-electron chi connectivity index (χ1n) is 6.07. The molecule has 0 aliphatic heterocycles. The second kappa shape index (κ2) is 5.54. The van der Waals surface area contributed by atoms with Crippen LogP contribution in [0.25, 0.3) is 11.5 Å². The van der Waals surface area contributed by atoms with Crippen molar-refractivity contribution in [1.29, 1.82) is 0 Å². The van der Waals surface area contributed by atoms with E-state index in [-0.39, 0.29) is 5.56 Å². The highest BCUT2D eigenvalue weighted by molar-refractivity contribution is 5.91. The van der Waals surface area contributed by atoms with Gasteiger partial charge in [-0.25, -0.2) is 9.18 Å². The van der Waals surface area contributed by atoms with Crippen molar-refractivity contribution in [2.45, 2.75) is 0 Å². The van der Waals surface area contributed by atoms with Crippen molar-refractivity contribution in [3.8, 4) is 17.2 Å². The lowest BCUT2D eigenvalue weighted by molar-refractivity contribution is 0.0734. The van der Waals surface area contributed by atoms with E-state index < -0.39 is 11.8 Å². The summed E-state index contributed by atoms with van der Waals surface area (Å²) in [6.07, 6.45) is 1.23. The van der Waals surface area contributed by atoms with Gasteiger partial charge in [0.1, 0.15) is 11.6 Å². The van der Waals surface area contributed by atoms with Gasteiger partial charge >= 0.3 is 5.97 Å². The van der Waals surface area contributed by atoms with Gasteiger partial charge in [0.2, 0.25) is 12.3 Å². The number of nitrogens with zero attached hydrogens (tertiary/aromatic N) is 2. The Morgan fingerprint density at radius 2 is 1.95 bits per heavy atom. The summed E-state index contributed by atoms with van der Waals surface area (Å²) in [5.74, 6) is -0.401. The number of carbonyl (C=O) groups excluding carboxylic acids is 1. The maximum Gasteiger partial charge on any atom is 0.343 e. The number of rotatable bonds is 3. The number of benzene rings is 2. The van der Waals surface area contributed by atoms with Gasteiger partial charge in [-0.2, -0.15) is 0 Å². The zero-order valence-corrected chi connectivity index (χ0v) is 10.7. The van der Waals surface area contributed by atoms with Crippen molar-refractivity contribution in [1.82, 2.24) is 10.2 Å². The van der Waals surface area contributed by atoms with Gasteiger partial charge in [0, 0.05) is 5.56 Å². The second-order valence-electron chi connectivity index (χ2n) is 4.17. The Morgan fingerprint density at radius 3 is 2.62 bits per heavy atom. The summed E-state index contributed by atoms with van der Waals surface area (Å²) in [4.78, 5) is 11.9. The molecule has 0 atom stereocenters. The van der Waals surface area contributed by atoms with Gasteiger partial charge in [0.05, 0.1) is 5.56 Å². The number of esters is 1. The minimum absolute atomic E-state index is 0.149. The van der Waals surface area contributed by atoms with E-state index >= 15 is 0 Å². The fourth-order valence-corrected chi connectivity index (χ4v) is 1.75. The van der Waals surface area contributed by atoms with Crippen LogP contribution in [-0.4, -0.2) is 16.2 Å². The van der Waals surface area contributed by atoms with E-state index in [1.165, 1.54) is 24.6 Å². The molecule has 2 aromatic carbocycles. The maximum atomic E-state index is 13.0. The first-order chi connectivity index (χ1) is 10.2. The molecule has 1 heterocycles. The summed E-state index contributed by atoms with van der Waals surface area (Å²) in [5.41, 5.74) is 0.856. The molecule has 0 aliphatic rings. The third-order valence-corrected chi connectivity index (χ3v) is 2.73. The number of ether oxygens (including phenoxy) is 1. The highest BCUT2D eigenvalue weighted by atomic mass is 19.1. The van der Waals surface area contributed by atoms with Crippen molar-refractivity contribution in [3.05, 3.63) is 66.3 Å². The van der Waals surface area contributed by atoms with Crippen molar-refractivity contribution in [2.75, 3.05) is 0 Å². The molecule has 0 unspecified atom stereocenters. The Bertz CT molecular complexity index is 755. The molecule has 0 aliphatic carbocycles. The summed E-state index contributed by atoms with van der Waals surface area (Å²) in [6.45, 7) is 0. The lowest BCUT2D eigenvalue weighted by atomic mass is 10.2. The predicted octanol–water partition coefficient (Wildman–Crippen LogP) is 3.09. The lowest BCUT2D eigenvalue weighted by Crippen LogP contribution is -2.08. The number of hydrogen-bond acceptors (Lipinski definition) is 5. The molecule has 6 heteroatoms. The fourth-order valence-electron chi connectivity index (χ4n) is 1.75. The number of aromatic nitrogens is 2. The smallest absolute Gasteiger partial charge is 0.343 e. The van der Waals surface area contributed by atoms with Gasteiger partial charge in [-0.15, -0.1) is 10.2 Å². The molecule has 0 amide bonds. The molecule has 21 heavy (non-hydrogen) atoms. The molecule has 0 N–H and O–H groups in total. The average Bonchev–Trinajstić information content (AvgIpc) is 3.02. The summed E-state index contributed by atoms with van der Waals surface area (Å²) < 4.78 is 23.3. The molecule has 1 aromatic heterocycles. The molecule has 0 saturated heterocycles. The number of carbonyl (C=O) groups is 1. The molecular formula is C15H9FN2O3. The second-order valence-corrected chi connectivity index (χ2v) is 4.17. The van der Waals surface area contributed by atoms with Gasteiger partial charge in [-0.3, -0.25) is 0 Å². The van der Waals surface area contributed by atoms with Crippen molar-refractivity contribution in [3.63, 3.8) is 0 Å². The molecule has 3 aromatic rings. The minimum atomic E-state index is -0.625. The van der Waals surface area contributed by atoms with Crippen LogP contribution in [0.2, 0.25) is 0 Å². The molecule has 0 spiro atoms. The maximum absolute atomic E-state index is 13.0. The van der Waals surface area contributed by atoms with E-state index in [9.17, 15) is 9.18 Å². The van der Waals surface area contributed by atoms with Gasteiger partial charge in [-0.1, -0.05) is 6.07 Å². The Balaban J connectivity index is 1.75. The Kier molecular flexibility index (Phi) is 3.42. The highest BCUT2D eigenvalue weighted by Gasteiger charge is 2.10. The van der Waals surface area contributed by atoms with Crippen LogP contribution < -0.4 is 4.74 Å². The monoisotopic (exact) mass is 284 g/mol. The summed E-state index contributed by atoms with van der Waals surface area (Å²) >= 11 is 0. The van der Waals surface area contributed by atoms with E-state index in [1.807, 2.05) is 0 Å². The van der Waals surface area contributed by atoms with Gasteiger partial charge in [-0.05, 0) is 42.5 Å². The standard InChI is InChI=1S/C15H9FN2O3/c16-12-3-1-2-11(8-12)15(19)21-13-6-4-10(5-7-13)14-18-17-9-20-14/h1-9H. The third kappa shape index (κ3) is 2.94. The normalized spacial score (nSPS) is 10.3. The SMILES string of the molecule is O=C(Oc1ccc(-c2nnco2)cc1)c1cccc(F)c1. The van der Waals surface area contributed by atoms with Crippen LogP contribution >= 0.6 is 0 Å². The third-order valence-electron chi connectivity index (χ3n) is 2.73. The highest BCUT2D eigenvalue weighted by Crippen LogP contribution is 2.21. The molecule has 104 valence electrons. The number of halogens is 1. The zero-order chi connectivity index (χ0) is 14.7. The first-order valence-corrected chi connectivity index (χ1v) is 6.07. The van der Waals surface area contributed by atoms with Crippen LogP contribution in [0.3, 0.4) is 0 Å². The van der Waals surface area contributed by atoms with E-state index in [4.69, 9.17) is 9.15 Å². The fraction of sp³-hybridized carbons (Fsp3) is 0. The topological polar surface area (TPSA) is 65.2 Å². The molecule has 3 rings (SSSR count). The molecular weight excluding hydrogens is 275 g/mol. The van der Waals surface area contributed by atoms with Crippen LogP contribution in [0.15, 0.2) is 59.3 Å². The first kappa shape index (κ1) is 13.0. The zero-order valence-electron chi connectivity index (χ0n) is 10.7. The van der Waals surface area contributed by atoms with Crippen LogP contribution in [0.1, 0.15) is 10.4 Å². The van der Waals surface area contributed by atoms with E-state index in [1.54, 1.807) is 24.3 Å². The predicted molar refractivity (Wildman–Crippen MR) is 71.1 cm³/mol. The Morgan fingerprint density at radius 1 is 1.14 bits per heavy atom. The molecule has 0 bridgehead atoms. The Labute approximate surface area is 119 Å². The van der Waals surface area contributed by atoms with E-state index in [0.29, 0.717) is 17.2 Å². The molecule has 0 fully saturated rings. The summed E-state index contributed by atoms with van der Waals surface area (Å²) in [6, 6.07) is 11.9. The van der Waals surface area contributed by atoms with Crippen LogP contribution in [0.5, 0.6) is 5.75 Å². The molecule has 5 nitrogen and oxygen atoms in total. The van der Waals surface area contributed by atoms with Crippen molar-refractivity contribution < 1.29 is 18.3 Å². The van der Waals surface area contributed by atoms with Crippen molar-refractivity contribution >= 4 is 5.97 Å². The summed E-state index contributed by atoms with van der Waals surface area (Å²) in [5, 5.41) is 7.35. The van der Waals surface area contributed by atoms with Crippen molar-refractivity contribution in [2.24, 2.45) is 0 Å². The lowest BCUT2D eigenvalue weighted by Gasteiger charge is -2.04. The summed E-state index contributed by atoms with van der Waals surface area (Å²) in [7, 11) is 0. The van der Waals surface area contributed by atoms with Crippen LogP contribution in [0, 0.1) is 5.82 Å². The van der Waals surface area contributed by atoms with E-state index in [2.05, 4.69) is 10.2 Å². The quantitative estimate of drug-likeness (QED) is 0.546. The van der Waals surface area contributed by atoms with E-state index in [0.717, 1.165) is 6.07 Å². The minimum Gasteiger partial charge on any atom is -0.423 e. The van der Waals surface area contributed by atoms with Gasteiger partial charge < -0.3 is 9.15 Å². The Hall–Kier alpha value is -3.02. The van der Waals surface area contributed by atoms with Crippen LogP contribution in [0.4, 0.5) is 4.39 Å². The average molecular weight is 284 g/mol. The molecule has 0 radical (unpaired) electrons. The van der Waals surface area contributed by atoms with Crippen LogP contribution in [-0.2, 0) is 0 Å². The van der Waals surface area contributed by atoms with Gasteiger partial charge in [0.25, 0.3) is 0 Å². The molecule has 0 saturated carbocycles. The number of hydrogen-bond donors (Lipinski definition) is 0.